The molecule has 1 aromatic carbocycles. The van der Waals surface area contributed by atoms with E-state index in [0.717, 1.165) is 12.8 Å². The van der Waals surface area contributed by atoms with Crippen molar-refractivity contribution in [3.8, 4) is 0 Å². The van der Waals surface area contributed by atoms with E-state index in [0.29, 0.717) is 23.2 Å². The van der Waals surface area contributed by atoms with Crippen molar-refractivity contribution in [2.75, 3.05) is 4.90 Å². The number of nitrogens with two attached hydrogens (primary N) is 1. The van der Waals surface area contributed by atoms with Gasteiger partial charge in [-0.25, -0.2) is 4.90 Å². The molecule has 0 spiro atoms. The maximum absolute atomic E-state index is 12.5. The number of carbonyl (C=O) groups excluding carboxylic acids is 2. The first-order valence-electron chi connectivity index (χ1n) is 7.62. The van der Waals surface area contributed by atoms with Gasteiger partial charge in [-0.15, -0.1) is 0 Å². The van der Waals surface area contributed by atoms with Crippen LogP contribution in [0.1, 0.15) is 38.5 Å². The quantitative estimate of drug-likeness (QED) is 0.867. The second kappa shape index (κ2) is 6.16. The molecule has 4 nitrogen and oxygen atoms in total. The smallest absolute Gasteiger partial charge is 0.292 e. The Hall–Kier alpha value is -1.39. The van der Waals surface area contributed by atoms with Gasteiger partial charge in [0.25, 0.3) is 5.91 Å². The first kappa shape index (κ1) is 14.5. The van der Waals surface area contributed by atoms with Gasteiger partial charge < -0.3 is 5.32 Å². The number of benzene rings is 1. The van der Waals surface area contributed by atoms with E-state index in [1.54, 1.807) is 24.3 Å². The fraction of sp³-hybridized carbons (Fsp3) is 0.500. The topological polar surface area (TPSA) is 54.0 Å². The molecular weight excluding hydrogens is 288 g/mol. The van der Waals surface area contributed by atoms with Crippen LogP contribution in [-0.4, -0.2) is 23.9 Å². The third kappa shape index (κ3) is 3.11. The maximum Gasteiger partial charge on any atom is 0.292 e. The standard InChI is InChI=1S/C16H19ClN2O2/c17-11-6-8-13(9-7-11)19-15(20)10-14(16(19)21)18-12-4-2-1-3-5-12/h6-9,12,14,18H,1-5,10H2/p+1/t14-/m1/s1. The molecule has 1 saturated carbocycles. The molecule has 0 radical (unpaired) electrons. The average molecular weight is 308 g/mol. The molecule has 0 bridgehead atoms. The van der Waals surface area contributed by atoms with Crippen LogP contribution >= 0.6 is 11.6 Å². The van der Waals surface area contributed by atoms with E-state index in [2.05, 4.69) is 5.32 Å². The first-order valence-corrected chi connectivity index (χ1v) is 8.00. The molecule has 112 valence electrons. The van der Waals surface area contributed by atoms with E-state index in [1.807, 2.05) is 0 Å². The third-order valence-electron chi connectivity index (χ3n) is 4.42. The lowest BCUT2D eigenvalue weighted by Gasteiger charge is -2.22. The van der Waals surface area contributed by atoms with Gasteiger partial charge in [0, 0.05) is 5.02 Å². The molecule has 1 aliphatic heterocycles. The van der Waals surface area contributed by atoms with Gasteiger partial charge in [0.1, 0.15) is 0 Å². The highest BCUT2D eigenvalue weighted by atomic mass is 35.5. The predicted molar refractivity (Wildman–Crippen MR) is 81.1 cm³/mol. The number of rotatable bonds is 3. The number of quaternary nitrogens is 1. The summed E-state index contributed by atoms with van der Waals surface area (Å²) in [6.45, 7) is 0. The van der Waals surface area contributed by atoms with E-state index in [1.165, 1.54) is 24.2 Å². The lowest BCUT2D eigenvalue weighted by Crippen LogP contribution is -2.96. The van der Waals surface area contributed by atoms with Gasteiger partial charge in [-0.05, 0) is 49.9 Å². The SMILES string of the molecule is O=C1C[C@@H]([NH2+]C2CCCCC2)C(=O)N1c1ccc(Cl)cc1. The lowest BCUT2D eigenvalue weighted by atomic mass is 9.95. The first-order chi connectivity index (χ1) is 10.1. The number of hydrogen-bond acceptors (Lipinski definition) is 2. The van der Waals surface area contributed by atoms with Gasteiger partial charge in [-0.2, -0.15) is 0 Å². The van der Waals surface area contributed by atoms with Crippen LogP contribution in [0, 0.1) is 0 Å². The number of amides is 2. The Bertz CT molecular complexity index is 538. The van der Waals surface area contributed by atoms with Gasteiger partial charge in [0.2, 0.25) is 5.91 Å². The van der Waals surface area contributed by atoms with Crippen LogP contribution in [0.4, 0.5) is 5.69 Å². The van der Waals surface area contributed by atoms with Crippen molar-refractivity contribution in [1.82, 2.24) is 0 Å². The van der Waals surface area contributed by atoms with Crippen LogP contribution in [0.25, 0.3) is 0 Å². The zero-order valence-corrected chi connectivity index (χ0v) is 12.7. The van der Waals surface area contributed by atoms with Crippen LogP contribution in [0.2, 0.25) is 5.02 Å². The molecule has 1 saturated heterocycles. The summed E-state index contributed by atoms with van der Waals surface area (Å²) in [6.07, 6.45) is 6.36. The predicted octanol–water partition coefficient (Wildman–Crippen LogP) is 1.87. The molecule has 2 N–H and O–H groups in total. The highest BCUT2D eigenvalue weighted by Crippen LogP contribution is 2.24. The third-order valence-corrected chi connectivity index (χ3v) is 4.67. The average Bonchev–Trinajstić information content (AvgIpc) is 2.76. The largest absolute Gasteiger partial charge is 0.333 e. The van der Waals surface area contributed by atoms with Crippen molar-refractivity contribution in [3.05, 3.63) is 29.3 Å². The van der Waals surface area contributed by atoms with Crippen molar-refractivity contribution >= 4 is 29.1 Å². The Labute approximate surface area is 129 Å². The normalized spacial score (nSPS) is 23.9. The zero-order valence-electron chi connectivity index (χ0n) is 11.9. The van der Waals surface area contributed by atoms with E-state index >= 15 is 0 Å². The molecule has 21 heavy (non-hydrogen) atoms. The highest BCUT2D eigenvalue weighted by molar-refractivity contribution is 6.30. The van der Waals surface area contributed by atoms with E-state index in [9.17, 15) is 9.59 Å². The van der Waals surface area contributed by atoms with Crippen LogP contribution in [0.3, 0.4) is 0 Å². The minimum atomic E-state index is -0.253. The minimum absolute atomic E-state index is 0.0899. The second-order valence-corrected chi connectivity index (χ2v) is 6.38. The van der Waals surface area contributed by atoms with Gasteiger partial charge in [-0.3, -0.25) is 9.59 Å². The van der Waals surface area contributed by atoms with E-state index in [4.69, 9.17) is 11.6 Å². The van der Waals surface area contributed by atoms with Crippen LogP contribution in [0.5, 0.6) is 0 Å². The number of nitrogens with zero attached hydrogens (tertiary/aromatic N) is 1. The fourth-order valence-corrected chi connectivity index (χ4v) is 3.45. The molecule has 1 aromatic rings. The van der Waals surface area contributed by atoms with Gasteiger partial charge in [0.15, 0.2) is 6.04 Å². The van der Waals surface area contributed by atoms with Gasteiger partial charge in [-0.1, -0.05) is 18.0 Å². The summed E-state index contributed by atoms with van der Waals surface area (Å²) in [4.78, 5) is 26.0. The van der Waals surface area contributed by atoms with Gasteiger partial charge in [0.05, 0.1) is 18.2 Å². The molecule has 0 unspecified atom stereocenters. The fourth-order valence-electron chi connectivity index (χ4n) is 3.32. The summed E-state index contributed by atoms with van der Waals surface area (Å²) in [7, 11) is 0. The van der Waals surface area contributed by atoms with Crippen molar-refractivity contribution in [1.29, 1.82) is 0 Å². The van der Waals surface area contributed by atoms with E-state index in [-0.39, 0.29) is 17.9 Å². The van der Waals surface area contributed by atoms with Crippen molar-refractivity contribution in [2.24, 2.45) is 0 Å². The van der Waals surface area contributed by atoms with E-state index < -0.39 is 0 Å². The molecule has 3 rings (SSSR count). The molecule has 1 atom stereocenters. The molecule has 1 heterocycles. The number of carbonyl (C=O) groups is 2. The number of imide groups is 1. The Morgan fingerprint density at radius 2 is 1.71 bits per heavy atom. The summed E-state index contributed by atoms with van der Waals surface area (Å²) < 4.78 is 0. The summed E-state index contributed by atoms with van der Waals surface area (Å²) in [5, 5.41) is 2.72. The summed E-state index contributed by atoms with van der Waals surface area (Å²) >= 11 is 5.85. The zero-order chi connectivity index (χ0) is 14.8. The van der Waals surface area contributed by atoms with Gasteiger partial charge >= 0.3 is 0 Å². The molecule has 2 fully saturated rings. The maximum atomic E-state index is 12.5. The second-order valence-electron chi connectivity index (χ2n) is 5.94. The number of hydrogen-bond donors (Lipinski definition) is 1. The molecule has 1 aliphatic carbocycles. The summed E-state index contributed by atoms with van der Waals surface area (Å²) in [5.74, 6) is -0.202. The van der Waals surface area contributed by atoms with Crippen LogP contribution in [0.15, 0.2) is 24.3 Å². The van der Waals surface area contributed by atoms with Crippen molar-refractivity contribution in [3.63, 3.8) is 0 Å². The molecule has 0 aromatic heterocycles. The highest BCUT2D eigenvalue weighted by Gasteiger charge is 2.43. The molecule has 2 aliphatic rings. The summed E-state index contributed by atoms with van der Waals surface area (Å²) in [5.41, 5.74) is 0.619. The number of halogens is 1. The Kier molecular flexibility index (Phi) is 4.27. The Morgan fingerprint density at radius 3 is 2.38 bits per heavy atom. The minimum Gasteiger partial charge on any atom is -0.333 e. The molecular formula is C16H20ClN2O2+. The van der Waals surface area contributed by atoms with Crippen molar-refractivity contribution in [2.45, 2.75) is 50.6 Å². The van der Waals surface area contributed by atoms with Crippen molar-refractivity contribution < 1.29 is 14.9 Å². The molecule has 5 heteroatoms. The number of anilines is 1. The summed E-state index contributed by atoms with van der Waals surface area (Å²) in [6, 6.07) is 7.09. The lowest BCUT2D eigenvalue weighted by molar-refractivity contribution is -0.710. The molecule has 2 amide bonds. The monoisotopic (exact) mass is 307 g/mol. The Balaban J connectivity index is 1.71. The van der Waals surface area contributed by atoms with Crippen LogP contribution < -0.4 is 10.2 Å². The Morgan fingerprint density at radius 1 is 1.05 bits per heavy atom. The van der Waals surface area contributed by atoms with Crippen LogP contribution in [-0.2, 0) is 9.59 Å².